The summed E-state index contributed by atoms with van der Waals surface area (Å²) < 4.78 is 0.624. The van der Waals surface area contributed by atoms with E-state index in [1.54, 1.807) is 30.4 Å². The van der Waals surface area contributed by atoms with Crippen LogP contribution in [0, 0.1) is 0 Å². The molecule has 0 unspecified atom stereocenters. The number of amides is 1. The molecule has 0 aliphatic carbocycles. The summed E-state index contributed by atoms with van der Waals surface area (Å²) in [6.45, 7) is 0. The minimum absolute atomic E-state index is 0.192. The van der Waals surface area contributed by atoms with E-state index in [4.69, 9.17) is 5.73 Å². The molecule has 0 radical (unpaired) electrons. The number of aromatic hydroxyl groups is 1. The minimum atomic E-state index is -0.362. The van der Waals surface area contributed by atoms with Crippen LogP contribution in [0.1, 0.15) is 12.0 Å². The number of halogens is 1. The zero-order valence-electron chi connectivity index (χ0n) is 7.40. The molecule has 0 atom stereocenters. The van der Waals surface area contributed by atoms with Gasteiger partial charge in [-0.05, 0) is 33.6 Å². The van der Waals surface area contributed by atoms with Crippen molar-refractivity contribution in [3.05, 3.63) is 34.3 Å². The molecule has 1 amide bonds. The van der Waals surface area contributed by atoms with E-state index >= 15 is 0 Å². The molecule has 0 spiro atoms. The van der Waals surface area contributed by atoms with E-state index in [0.717, 1.165) is 5.56 Å². The lowest BCUT2D eigenvalue weighted by atomic mass is 10.2. The highest BCUT2D eigenvalue weighted by Gasteiger charge is 1.96. The fraction of sp³-hybridized carbons (Fsp3) is 0.100. The second-order valence-corrected chi connectivity index (χ2v) is 3.64. The van der Waals surface area contributed by atoms with Crippen LogP contribution >= 0.6 is 15.9 Å². The fourth-order valence-corrected chi connectivity index (χ4v) is 1.33. The molecule has 74 valence electrons. The van der Waals surface area contributed by atoms with Crippen LogP contribution in [0.2, 0.25) is 0 Å². The Balaban J connectivity index is 2.73. The van der Waals surface area contributed by atoms with Crippen LogP contribution in [0.4, 0.5) is 0 Å². The van der Waals surface area contributed by atoms with Gasteiger partial charge in [0.2, 0.25) is 5.91 Å². The highest BCUT2D eigenvalue weighted by atomic mass is 79.9. The number of hydrogen-bond acceptors (Lipinski definition) is 2. The Morgan fingerprint density at radius 1 is 1.57 bits per heavy atom. The van der Waals surface area contributed by atoms with Gasteiger partial charge in [0.1, 0.15) is 5.75 Å². The molecule has 14 heavy (non-hydrogen) atoms. The molecule has 1 aromatic rings. The van der Waals surface area contributed by atoms with Crippen molar-refractivity contribution in [1.29, 1.82) is 0 Å². The Bertz CT molecular complexity index is 374. The number of primary amides is 1. The van der Waals surface area contributed by atoms with Crippen LogP contribution in [0.5, 0.6) is 5.75 Å². The standard InChI is InChI=1S/C10H10BrNO2/c11-8-6-7(4-5-9(8)13)2-1-3-10(12)14/h1-2,4-6,13H,3H2,(H2,12,14). The van der Waals surface area contributed by atoms with Crippen LogP contribution in [-0.4, -0.2) is 11.0 Å². The number of rotatable bonds is 3. The molecule has 0 saturated heterocycles. The largest absolute Gasteiger partial charge is 0.507 e. The van der Waals surface area contributed by atoms with Crippen LogP contribution in [0.3, 0.4) is 0 Å². The first-order valence-corrected chi connectivity index (χ1v) is 4.82. The van der Waals surface area contributed by atoms with Crippen molar-refractivity contribution in [3.8, 4) is 5.75 Å². The van der Waals surface area contributed by atoms with Gasteiger partial charge in [-0.2, -0.15) is 0 Å². The Labute approximate surface area is 90.4 Å². The summed E-state index contributed by atoms with van der Waals surface area (Å²) in [7, 11) is 0. The summed E-state index contributed by atoms with van der Waals surface area (Å²) in [5.74, 6) is -0.170. The van der Waals surface area contributed by atoms with E-state index < -0.39 is 0 Å². The summed E-state index contributed by atoms with van der Waals surface area (Å²) >= 11 is 3.19. The second-order valence-electron chi connectivity index (χ2n) is 2.78. The Kier molecular flexibility index (Phi) is 3.71. The molecule has 0 aliphatic rings. The van der Waals surface area contributed by atoms with Gasteiger partial charge in [-0.25, -0.2) is 0 Å². The van der Waals surface area contributed by atoms with Gasteiger partial charge in [0.15, 0.2) is 0 Å². The smallest absolute Gasteiger partial charge is 0.221 e. The number of phenolic OH excluding ortho intramolecular Hbond substituents is 1. The summed E-state index contributed by atoms with van der Waals surface area (Å²) in [5.41, 5.74) is 5.87. The van der Waals surface area contributed by atoms with Crippen molar-refractivity contribution in [1.82, 2.24) is 0 Å². The average Bonchev–Trinajstić information content (AvgIpc) is 2.10. The van der Waals surface area contributed by atoms with Crippen LogP contribution in [-0.2, 0) is 4.79 Å². The lowest BCUT2D eigenvalue weighted by Crippen LogP contribution is -2.07. The van der Waals surface area contributed by atoms with Gasteiger partial charge in [0, 0.05) is 6.42 Å². The number of carbonyl (C=O) groups is 1. The highest BCUT2D eigenvalue weighted by Crippen LogP contribution is 2.24. The lowest BCUT2D eigenvalue weighted by molar-refractivity contribution is -0.117. The van der Waals surface area contributed by atoms with Crippen molar-refractivity contribution in [2.24, 2.45) is 5.73 Å². The fourth-order valence-electron chi connectivity index (χ4n) is 0.938. The molecule has 4 heteroatoms. The number of nitrogens with two attached hydrogens (primary N) is 1. The molecule has 3 N–H and O–H groups in total. The van der Waals surface area contributed by atoms with Gasteiger partial charge in [-0.15, -0.1) is 0 Å². The molecule has 1 aromatic carbocycles. The van der Waals surface area contributed by atoms with Gasteiger partial charge in [0.05, 0.1) is 4.47 Å². The van der Waals surface area contributed by atoms with Crippen LogP contribution < -0.4 is 5.73 Å². The third-order valence-electron chi connectivity index (χ3n) is 1.60. The van der Waals surface area contributed by atoms with Gasteiger partial charge >= 0.3 is 0 Å². The molecule has 0 aromatic heterocycles. The molecule has 0 saturated carbocycles. The summed E-state index contributed by atoms with van der Waals surface area (Å²) in [6.07, 6.45) is 3.68. The monoisotopic (exact) mass is 255 g/mol. The van der Waals surface area contributed by atoms with Gasteiger partial charge in [-0.3, -0.25) is 4.79 Å². The SMILES string of the molecule is NC(=O)CC=Cc1ccc(O)c(Br)c1. The zero-order chi connectivity index (χ0) is 10.6. The van der Waals surface area contributed by atoms with E-state index in [1.807, 2.05) is 0 Å². The first-order chi connectivity index (χ1) is 6.59. The minimum Gasteiger partial charge on any atom is -0.507 e. The summed E-state index contributed by atoms with van der Waals surface area (Å²) in [5, 5.41) is 9.21. The normalized spacial score (nSPS) is 10.6. The van der Waals surface area contributed by atoms with Gasteiger partial charge in [0.25, 0.3) is 0 Å². The lowest BCUT2D eigenvalue weighted by Gasteiger charge is -1.97. The third-order valence-corrected chi connectivity index (χ3v) is 2.24. The highest BCUT2D eigenvalue weighted by molar-refractivity contribution is 9.10. The Hall–Kier alpha value is -1.29. The van der Waals surface area contributed by atoms with E-state index in [1.165, 1.54) is 0 Å². The predicted molar refractivity (Wildman–Crippen MR) is 58.7 cm³/mol. The van der Waals surface area contributed by atoms with Crippen molar-refractivity contribution < 1.29 is 9.90 Å². The Morgan fingerprint density at radius 2 is 2.29 bits per heavy atom. The summed E-state index contributed by atoms with van der Waals surface area (Å²) in [4.78, 5) is 10.4. The summed E-state index contributed by atoms with van der Waals surface area (Å²) in [6, 6.07) is 5.08. The van der Waals surface area contributed by atoms with Gasteiger partial charge in [-0.1, -0.05) is 18.2 Å². The second kappa shape index (κ2) is 4.81. The van der Waals surface area contributed by atoms with E-state index in [2.05, 4.69) is 15.9 Å². The van der Waals surface area contributed by atoms with Crippen molar-refractivity contribution in [3.63, 3.8) is 0 Å². The van der Waals surface area contributed by atoms with E-state index in [0.29, 0.717) is 4.47 Å². The predicted octanol–water partition coefficient (Wildman–Crippen LogP) is 2.04. The topological polar surface area (TPSA) is 63.3 Å². The molecular formula is C10H10BrNO2. The molecular weight excluding hydrogens is 246 g/mol. The number of phenols is 1. The number of carbonyl (C=O) groups excluding carboxylic acids is 1. The van der Waals surface area contributed by atoms with Crippen LogP contribution in [0.15, 0.2) is 28.7 Å². The van der Waals surface area contributed by atoms with Crippen molar-refractivity contribution >= 4 is 27.9 Å². The van der Waals surface area contributed by atoms with Crippen LogP contribution in [0.25, 0.3) is 6.08 Å². The van der Waals surface area contributed by atoms with Gasteiger partial charge < -0.3 is 10.8 Å². The maximum atomic E-state index is 10.4. The molecule has 0 bridgehead atoms. The number of hydrogen-bond donors (Lipinski definition) is 2. The molecule has 3 nitrogen and oxygen atoms in total. The molecule has 0 fully saturated rings. The first-order valence-electron chi connectivity index (χ1n) is 4.03. The quantitative estimate of drug-likeness (QED) is 0.869. The van der Waals surface area contributed by atoms with E-state index in [-0.39, 0.29) is 18.1 Å². The molecule has 0 aliphatic heterocycles. The third kappa shape index (κ3) is 3.22. The van der Waals surface area contributed by atoms with E-state index in [9.17, 15) is 9.90 Å². The van der Waals surface area contributed by atoms with Crippen molar-refractivity contribution in [2.45, 2.75) is 6.42 Å². The van der Waals surface area contributed by atoms with Crippen molar-refractivity contribution in [2.75, 3.05) is 0 Å². The molecule has 1 rings (SSSR count). The Morgan fingerprint density at radius 3 is 2.86 bits per heavy atom. The number of benzene rings is 1. The first kappa shape index (κ1) is 10.8. The maximum absolute atomic E-state index is 10.4. The zero-order valence-corrected chi connectivity index (χ0v) is 8.99. The molecule has 0 heterocycles. The average molecular weight is 256 g/mol. The maximum Gasteiger partial charge on any atom is 0.221 e.